The Morgan fingerprint density at radius 3 is 3.40 bits per heavy atom. The molecule has 54 valence electrons. The number of hydroxylamine groups is 2. The van der Waals surface area contributed by atoms with Crippen LogP contribution in [0.15, 0.2) is 23.9 Å². The van der Waals surface area contributed by atoms with E-state index in [0.717, 1.165) is 18.2 Å². The molecule has 0 aliphatic carbocycles. The summed E-state index contributed by atoms with van der Waals surface area (Å²) in [6, 6.07) is 0.0741. The summed E-state index contributed by atoms with van der Waals surface area (Å²) in [4.78, 5) is 0. The number of fused-ring (bicyclic) bond motifs is 1. The third-order valence-corrected chi connectivity index (χ3v) is 1.95. The first-order valence-corrected chi connectivity index (χ1v) is 3.41. The lowest BCUT2D eigenvalue weighted by molar-refractivity contribution is 0.427. The van der Waals surface area contributed by atoms with Crippen molar-refractivity contribution in [2.45, 2.75) is 6.04 Å². The molecule has 1 fully saturated rings. The van der Waals surface area contributed by atoms with Crippen LogP contribution in [0.4, 0.5) is 0 Å². The minimum atomic E-state index is 0.0741. The first-order chi connectivity index (χ1) is 4.88. The fourth-order valence-corrected chi connectivity index (χ4v) is 1.38. The molecule has 2 rings (SSSR count). The molecule has 0 aromatic carbocycles. The first kappa shape index (κ1) is 5.95. The molecule has 1 saturated heterocycles. The van der Waals surface area contributed by atoms with Crippen LogP contribution in [0.5, 0.6) is 0 Å². The Morgan fingerprint density at radius 1 is 1.70 bits per heavy atom. The Hall–Kier alpha value is -0.800. The van der Waals surface area contributed by atoms with Crippen molar-refractivity contribution in [1.82, 2.24) is 10.4 Å². The molecule has 0 aromatic rings. The SMILES string of the molecule is [O-]N1C=CC=C2CNCC21. The van der Waals surface area contributed by atoms with Gasteiger partial charge in [-0.25, -0.2) is 0 Å². The van der Waals surface area contributed by atoms with Crippen molar-refractivity contribution in [3.05, 3.63) is 29.1 Å². The van der Waals surface area contributed by atoms with E-state index in [1.807, 2.05) is 6.08 Å². The molecule has 2 aliphatic heterocycles. The number of nitrogens with one attached hydrogen (secondary N) is 1. The summed E-state index contributed by atoms with van der Waals surface area (Å²) in [5.41, 5.74) is 1.21. The molecule has 0 aromatic heterocycles. The topological polar surface area (TPSA) is 38.3 Å². The predicted octanol–water partition coefficient (Wildman–Crippen LogP) is 0.212. The zero-order valence-corrected chi connectivity index (χ0v) is 5.58. The lowest BCUT2D eigenvalue weighted by Gasteiger charge is -2.35. The van der Waals surface area contributed by atoms with Gasteiger partial charge in [0, 0.05) is 13.1 Å². The van der Waals surface area contributed by atoms with E-state index in [-0.39, 0.29) is 6.04 Å². The fraction of sp³-hybridized carbons (Fsp3) is 0.429. The minimum absolute atomic E-state index is 0.0741. The Balaban J connectivity index is 2.25. The molecule has 1 N–H and O–H groups in total. The van der Waals surface area contributed by atoms with Gasteiger partial charge in [-0.15, -0.1) is 0 Å². The van der Waals surface area contributed by atoms with E-state index < -0.39 is 0 Å². The van der Waals surface area contributed by atoms with Crippen LogP contribution in [0.25, 0.3) is 0 Å². The number of nitrogens with zero attached hydrogens (tertiary/aromatic N) is 1. The van der Waals surface area contributed by atoms with Crippen LogP contribution >= 0.6 is 0 Å². The number of rotatable bonds is 0. The van der Waals surface area contributed by atoms with Crippen molar-refractivity contribution >= 4 is 0 Å². The van der Waals surface area contributed by atoms with Gasteiger partial charge in [-0.1, -0.05) is 6.08 Å². The summed E-state index contributed by atoms with van der Waals surface area (Å²) >= 11 is 0. The fourth-order valence-electron chi connectivity index (χ4n) is 1.38. The van der Waals surface area contributed by atoms with E-state index in [4.69, 9.17) is 0 Å². The van der Waals surface area contributed by atoms with Crippen LogP contribution in [0, 0.1) is 5.21 Å². The van der Waals surface area contributed by atoms with Crippen LogP contribution in [-0.4, -0.2) is 24.2 Å². The highest BCUT2D eigenvalue weighted by Crippen LogP contribution is 2.17. The maximum atomic E-state index is 11.0. The molecule has 1 atom stereocenters. The van der Waals surface area contributed by atoms with Crippen molar-refractivity contribution in [3.8, 4) is 0 Å². The summed E-state index contributed by atoms with van der Waals surface area (Å²) in [6.45, 7) is 1.66. The van der Waals surface area contributed by atoms with Crippen molar-refractivity contribution in [3.63, 3.8) is 0 Å². The van der Waals surface area contributed by atoms with Gasteiger partial charge in [0.15, 0.2) is 0 Å². The molecule has 2 heterocycles. The second-order valence-corrected chi connectivity index (χ2v) is 2.59. The van der Waals surface area contributed by atoms with E-state index in [2.05, 4.69) is 5.32 Å². The van der Waals surface area contributed by atoms with Gasteiger partial charge in [-0.2, -0.15) is 0 Å². The summed E-state index contributed by atoms with van der Waals surface area (Å²) in [5.74, 6) is 0. The van der Waals surface area contributed by atoms with E-state index in [1.165, 1.54) is 5.57 Å². The molecule has 3 nitrogen and oxygen atoms in total. The van der Waals surface area contributed by atoms with E-state index in [0.29, 0.717) is 0 Å². The molecular formula is C7H9N2O-. The molecule has 0 radical (unpaired) electrons. The van der Waals surface area contributed by atoms with Crippen molar-refractivity contribution in [2.75, 3.05) is 13.1 Å². The summed E-state index contributed by atoms with van der Waals surface area (Å²) < 4.78 is 0. The van der Waals surface area contributed by atoms with Gasteiger partial charge in [0.05, 0.1) is 6.04 Å². The number of hydrogen-bond donors (Lipinski definition) is 1. The Bertz CT molecular complexity index is 198. The normalized spacial score (nSPS) is 30.3. The average molecular weight is 137 g/mol. The van der Waals surface area contributed by atoms with Gasteiger partial charge in [-0.3, -0.25) is 0 Å². The van der Waals surface area contributed by atoms with Gasteiger partial charge in [0.1, 0.15) is 0 Å². The van der Waals surface area contributed by atoms with Crippen LogP contribution in [0.1, 0.15) is 0 Å². The molecule has 2 aliphatic rings. The highest BCUT2D eigenvalue weighted by atomic mass is 16.5. The summed E-state index contributed by atoms with van der Waals surface area (Å²) in [5, 5.41) is 15.2. The van der Waals surface area contributed by atoms with Crippen LogP contribution in [0.2, 0.25) is 0 Å². The molecule has 1 unspecified atom stereocenters. The summed E-state index contributed by atoms with van der Waals surface area (Å²) in [7, 11) is 0. The van der Waals surface area contributed by atoms with E-state index >= 15 is 0 Å². The lowest BCUT2D eigenvalue weighted by Crippen LogP contribution is -2.30. The Labute approximate surface area is 59.6 Å². The molecule has 0 saturated carbocycles. The monoisotopic (exact) mass is 137 g/mol. The second-order valence-electron chi connectivity index (χ2n) is 2.59. The van der Waals surface area contributed by atoms with Crippen molar-refractivity contribution in [1.29, 1.82) is 0 Å². The quantitative estimate of drug-likeness (QED) is 0.518. The van der Waals surface area contributed by atoms with Crippen molar-refractivity contribution in [2.24, 2.45) is 0 Å². The molecule has 0 amide bonds. The Kier molecular flexibility index (Phi) is 1.25. The van der Waals surface area contributed by atoms with Gasteiger partial charge < -0.3 is 15.6 Å². The number of allylic oxidation sites excluding steroid dienone is 2. The zero-order chi connectivity index (χ0) is 6.97. The molecule has 10 heavy (non-hydrogen) atoms. The number of hydrogen-bond acceptors (Lipinski definition) is 3. The highest BCUT2D eigenvalue weighted by Gasteiger charge is 2.21. The Morgan fingerprint density at radius 2 is 2.60 bits per heavy atom. The van der Waals surface area contributed by atoms with E-state index in [1.54, 1.807) is 12.3 Å². The standard InChI is InChI=1S/C7H9N2O/c10-9-3-1-2-6-4-8-5-7(6)9/h1-3,7-8H,4-5H2/q-1. The maximum absolute atomic E-state index is 11.0. The van der Waals surface area contributed by atoms with Gasteiger partial charge >= 0.3 is 0 Å². The minimum Gasteiger partial charge on any atom is -0.758 e. The zero-order valence-electron chi connectivity index (χ0n) is 5.58. The third kappa shape index (κ3) is 0.751. The van der Waals surface area contributed by atoms with Crippen molar-refractivity contribution < 1.29 is 0 Å². The second kappa shape index (κ2) is 2.11. The maximum Gasteiger partial charge on any atom is 0.0529 e. The summed E-state index contributed by atoms with van der Waals surface area (Å²) in [6.07, 6.45) is 5.38. The highest BCUT2D eigenvalue weighted by molar-refractivity contribution is 5.28. The average Bonchev–Trinajstić information content (AvgIpc) is 2.36. The van der Waals surface area contributed by atoms with Gasteiger partial charge in [0.25, 0.3) is 0 Å². The largest absolute Gasteiger partial charge is 0.758 e. The third-order valence-electron chi connectivity index (χ3n) is 1.95. The first-order valence-electron chi connectivity index (χ1n) is 3.41. The molecule has 0 bridgehead atoms. The predicted molar refractivity (Wildman–Crippen MR) is 39.1 cm³/mol. The molecule has 3 heteroatoms. The molecular weight excluding hydrogens is 128 g/mol. The van der Waals surface area contributed by atoms with Gasteiger partial charge in [-0.05, 0) is 17.8 Å². The smallest absolute Gasteiger partial charge is 0.0529 e. The lowest BCUT2D eigenvalue weighted by atomic mass is 10.1. The van der Waals surface area contributed by atoms with E-state index in [9.17, 15) is 5.21 Å². The molecule has 0 spiro atoms. The van der Waals surface area contributed by atoms with Crippen LogP contribution in [-0.2, 0) is 0 Å². The van der Waals surface area contributed by atoms with Crippen LogP contribution < -0.4 is 5.32 Å². The van der Waals surface area contributed by atoms with Gasteiger partial charge in [0.2, 0.25) is 0 Å². The van der Waals surface area contributed by atoms with Crippen LogP contribution in [0.3, 0.4) is 0 Å².